The van der Waals surface area contributed by atoms with Crippen molar-refractivity contribution in [3.05, 3.63) is 52.0 Å². The molecule has 2 aromatic carbocycles. The molecule has 0 fully saturated rings. The van der Waals surface area contributed by atoms with E-state index in [1.54, 1.807) is 24.3 Å². The lowest BCUT2D eigenvalue weighted by molar-refractivity contribution is 0.151. The average Bonchev–Trinajstić information content (AvgIpc) is 2.38. The van der Waals surface area contributed by atoms with Gasteiger partial charge in [0.2, 0.25) is 0 Å². The van der Waals surface area contributed by atoms with Gasteiger partial charge in [-0.1, -0.05) is 41.4 Å². The van der Waals surface area contributed by atoms with Gasteiger partial charge in [0.15, 0.2) is 0 Å². The van der Waals surface area contributed by atoms with Gasteiger partial charge in [0.25, 0.3) is 6.43 Å². The Kier molecular flexibility index (Phi) is 4.27. The molecule has 0 aliphatic rings. The highest BCUT2D eigenvalue weighted by Crippen LogP contribution is 2.38. The van der Waals surface area contributed by atoms with Crippen LogP contribution in [0.15, 0.2) is 36.4 Å². The van der Waals surface area contributed by atoms with Gasteiger partial charge in [0.1, 0.15) is 5.75 Å². The third-order valence-corrected chi connectivity index (χ3v) is 3.25. The summed E-state index contributed by atoms with van der Waals surface area (Å²) in [5.74, 6) is 0.349. The molecular formula is C14H10Cl2F2O. The second-order valence-corrected chi connectivity index (χ2v) is 4.73. The molecule has 0 saturated carbocycles. The van der Waals surface area contributed by atoms with Gasteiger partial charge in [-0.05, 0) is 18.2 Å². The van der Waals surface area contributed by atoms with Gasteiger partial charge in [-0.15, -0.1) is 0 Å². The fraction of sp³-hybridized carbons (Fsp3) is 0.143. The molecule has 0 bridgehead atoms. The standard InChI is InChI=1S/C14H10Cl2F2O/c1-19-13-6-8(14(17)18)2-4-11(13)10-5-3-9(15)7-12(10)16/h2-7,14H,1H3. The molecule has 0 unspecified atom stereocenters. The summed E-state index contributed by atoms with van der Waals surface area (Å²) >= 11 is 11.9. The van der Waals surface area contributed by atoms with Crippen molar-refractivity contribution in [2.45, 2.75) is 6.43 Å². The van der Waals surface area contributed by atoms with Crippen LogP contribution in [0.2, 0.25) is 10.0 Å². The summed E-state index contributed by atoms with van der Waals surface area (Å²) in [7, 11) is 1.43. The second kappa shape index (κ2) is 5.76. The predicted molar refractivity (Wildman–Crippen MR) is 73.4 cm³/mol. The minimum absolute atomic E-state index is 0.0920. The van der Waals surface area contributed by atoms with Crippen molar-refractivity contribution < 1.29 is 13.5 Å². The molecule has 0 heterocycles. The van der Waals surface area contributed by atoms with Gasteiger partial charge in [-0.2, -0.15) is 0 Å². The molecule has 0 radical (unpaired) electrons. The molecule has 19 heavy (non-hydrogen) atoms. The van der Waals surface area contributed by atoms with Crippen molar-refractivity contribution in [2.75, 3.05) is 7.11 Å². The van der Waals surface area contributed by atoms with Gasteiger partial charge in [0, 0.05) is 21.7 Å². The van der Waals surface area contributed by atoms with Crippen molar-refractivity contribution in [1.29, 1.82) is 0 Å². The van der Waals surface area contributed by atoms with E-state index >= 15 is 0 Å². The predicted octanol–water partition coefficient (Wildman–Crippen LogP) is 5.61. The lowest BCUT2D eigenvalue weighted by Crippen LogP contribution is -1.92. The molecule has 2 rings (SSSR count). The second-order valence-electron chi connectivity index (χ2n) is 3.88. The molecule has 0 aromatic heterocycles. The van der Waals surface area contributed by atoms with Crippen LogP contribution in [-0.2, 0) is 0 Å². The van der Waals surface area contributed by atoms with E-state index in [4.69, 9.17) is 27.9 Å². The molecule has 5 heteroatoms. The number of halogens is 4. The van der Waals surface area contributed by atoms with Crippen LogP contribution in [0.25, 0.3) is 11.1 Å². The van der Waals surface area contributed by atoms with Crippen LogP contribution in [0.1, 0.15) is 12.0 Å². The van der Waals surface area contributed by atoms with Crippen molar-refractivity contribution in [3.8, 4) is 16.9 Å². The van der Waals surface area contributed by atoms with E-state index in [0.29, 0.717) is 26.9 Å². The summed E-state index contributed by atoms with van der Waals surface area (Å²) in [6.45, 7) is 0. The average molecular weight is 303 g/mol. The highest BCUT2D eigenvalue weighted by molar-refractivity contribution is 6.36. The van der Waals surface area contributed by atoms with Crippen LogP contribution in [0, 0.1) is 0 Å². The molecule has 1 nitrogen and oxygen atoms in total. The van der Waals surface area contributed by atoms with Crippen LogP contribution in [0.4, 0.5) is 8.78 Å². The van der Waals surface area contributed by atoms with Crippen molar-refractivity contribution in [1.82, 2.24) is 0 Å². The molecule has 0 spiro atoms. The number of rotatable bonds is 3. The van der Waals surface area contributed by atoms with E-state index in [-0.39, 0.29) is 5.56 Å². The van der Waals surface area contributed by atoms with Crippen LogP contribution < -0.4 is 4.74 Å². The third-order valence-electron chi connectivity index (χ3n) is 2.70. The first-order valence-electron chi connectivity index (χ1n) is 5.44. The Hall–Kier alpha value is -1.32. The van der Waals surface area contributed by atoms with E-state index < -0.39 is 6.43 Å². The Labute approximate surface area is 119 Å². The number of alkyl halides is 2. The van der Waals surface area contributed by atoms with Crippen LogP contribution in [0.5, 0.6) is 5.75 Å². The summed E-state index contributed by atoms with van der Waals surface area (Å²) < 4.78 is 30.5. The van der Waals surface area contributed by atoms with Gasteiger partial charge >= 0.3 is 0 Å². The van der Waals surface area contributed by atoms with E-state index in [9.17, 15) is 8.78 Å². The topological polar surface area (TPSA) is 9.23 Å². The minimum atomic E-state index is -2.54. The zero-order chi connectivity index (χ0) is 14.0. The quantitative estimate of drug-likeness (QED) is 0.716. The number of hydrogen-bond donors (Lipinski definition) is 0. The largest absolute Gasteiger partial charge is 0.496 e. The van der Waals surface area contributed by atoms with Crippen molar-refractivity contribution in [2.24, 2.45) is 0 Å². The Morgan fingerprint density at radius 2 is 1.68 bits per heavy atom. The lowest BCUT2D eigenvalue weighted by atomic mass is 10.0. The van der Waals surface area contributed by atoms with Crippen LogP contribution >= 0.6 is 23.2 Å². The first-order chi connectivity index (χ1) is 9.02. The Morgan fingerprint density at radius 1 is 1.00 bits per heavy atom. The highest BCUT2D eigenvalue weighted by atomic mass is 35.5. The lowest BCUT2D eigenvalue weighted by Gasteiger charge is -2.12. The molecule has 2 aromatic rings. The fourth-order valence-corrected chi connectivity index (χ4v) is 2.28. The van der Waals surface area contributed by atoms with Gasteiger partial charge in [-0.3, -0.25) is 0 Å². The summed E-state index contributed by atoms with van der Waals surface area (Å²) in [6, 6.07) is 9.24. The van der Waals surface area contributed by atoms with E-state index in [2.05, 4.69) is 0 Å². The summed E-state index contributed by atoms with van der Waals surface area (Å²) in [4.78, 5) is 0. The monoisotopic (exact) mass is 302 g/mol. The smallest absolute Gasteiger partial charge is 0.263 e. The zero-order valence-electron chi connectivity index (χ0n) is 9.96. The number of hydrogen-bond acceptors (Lipinski definition) is 1. The SMILES string of the molecule is COc1cc(C(F)F)ccc1-c1ccc(Cl)cc1Cl. The molecule has 0 aliphatic carbocycles. The number of methoxy groups -OCH3 is 1. The third kappa shape index (κ3) is 2.99. The zero-order valence-corrected chi connectivity index (χ0v) is 11.5. The molecule has 0 saturated heterocycles. The molecule has 0 aliphatic heterocycles. The fourth-order valence-electron chi connectivity index (χ4n) is 1.77. The molecule has 0 atom stereocenters. The number of benzene rings is 2. The van der Waals surface area contributed by atoms with Crippen molar-refractivity contribution >= 4 is 23.2 Å². The minimum Gasteiger partial charge on any atom is -0.496 e. The molecule has 0 amide bonds. The van der Waals surface area contributed by atoms with E-state index in [0.717, 1.165) is 0 Å². The van der Waals surface area contributed by atoms with Crippen LogP contribution in [0.3, 0.4) is 0 Å². The maximum Gasteiger partial charge on any atom is 0.263 e. The summed E-state index contributed by atoms with van der Waals surface area (Å²) in [5, 5.41) is 0.951. The summed E-state index contributed by atoms with van der Waals surface area (Å²) in [6.07, 6.45) is -2.54. The number of ether oxygens (including phenoxy) is 1. The Bertz CT molecular complexity index is 600. The Morgan fingerprint density at radius 3 is 2.26 bits per heavy atom. The molecule has 100 valence electrons. The Balaban J connectivity index is 2.55. The maximum atomic E-state index is 12.7. The van der Waals surface area contributed by atoms with Gasteiger partial charge in [0.05, 0.1) is 12.1 Å². The molecular weight excluding hydrogens is 293 g/mol. The summed E-state index contributed by atoms with van der Waals surface area (Å²) in [5.41, 5.74) is 1.24. The van der Waals surface area contributed by atoms with Crippen LogP contribution in [-0.4, -0.2) is 7.11 Å². The first-order valence-corrected chi connectivity index (χ1v) is 6.20. The first kappa shape index (κ1) is 14.1. The van der Waals surface area contributed by atoms with Gasteiger partial charge < -0.3 is 4.74 Å². The van der Waals surface area contributed by atoms with E-state index in [1.807, 2.05) is 0 Å². The van der Waals surface area contributed by atoms with E-state index in [1.165, 1.54) is 19.2 Å². The van der Waals surface area contributed by atoms with Crippen molar-refractivity contribution in [3.63, 3.8) is 0 Å². The van der Waals surface area contributed by atoms with Gasteiger partial charge in [-0.25, -0.2) is 8.78 Å². The normalized spacial score (nSPS) is 10.8. The molecule has 0 N–H and O–H groups in total. The highest BCUT2D eigenvalue weighted by Gasteiger charge is 2.14. The maximum absolute atomic E-state index is 12.7.